The summed E-state index contributed by atoms with van der Waals surface area (Å²) in [5.41, 5.74) is 3.34. The molecule has 0 atom stereocenters. The number of aromatic nitrogens is 2. The second-order valence-corrected chi connectivity index (χ2v) is 5.67. The molecular weight excluding hydrogens is 304 g/mol. The molecule has 0 aliphatic rings. The second kappa shape index (κ2) is 7.09. The van der Waals surface area contributed by atoms with Crippen molar-refractivity contribution in [3.63, 3.8) is 0 Å². The van der Waals surface area contributed by atoms with E-state index in [1.54, 1.807) is 13.8 Å². The first-order valence-electron chi connectivity index (χ1n) is 7.75. The van der Waals surface area contributed by atoms with E-state index in [1.165, 1.54) is 0 Å². The quantitative estimate of drug-likeness (QED) is 0.934. The van der Waals surface area contributed by atoms with Crippen LogP contribution in [-0.4, -0.2) is 15.7 Å². The molecule has 0 aliphatic heterocycles. The fraction of sp³-hybridized carbons (Fsp3) is 0.333. The Balaban J connectivity index is 2.31. The molecule has 1 aromatic carbocycles. The Hall–Kier alpha value is -2.94. The fourth-order valence-electron chi connectivity index (χ4n) is 2.53. The number of nitrogens with zero attached hydrogens (tertiary/aromatic N) is 3. The second-order valence-electron chi connectivity index (χ2n) is 5.67. The van der Waals surface area contributed by atoms with E-state index in [9.17, 15) is 9.59 Å². The molecule has 1 N–H and O–H groups in total. The summed E-state index contributed by atoms with van der Waals surface area (Å²) in [7, 11) is 0. The molecule has 0 radical (unpaired) electrons. The molecule has 24 heavy (non-hydrogen) atoms. The molecule has 124 valence electrons. The number of hydrogen-bond acceptors (Lipinski definition) is 4. The topological polar surface area (TPSA) is 87.8 Å². The summed E-state index contributed by atoms with van der Waals surface area (Å²) >= 11 is 0. The zero-order valence-electron chi connectivity index (χ0n) is 14.3. The first kappa shape index (κ1) is 17.4. The summed E-state index contributed by atoms with van der Waals surface area (Å²) in [6.45, 7) is 7.09. The minimum atomic E-state index is -0.545. The lowest BCUT2D eigenvalue weighted by Gasteiger charge is -2.14. The number of amides is 1. The smallest absolute Gasteiger partial charge is 0.285 e. The number of aryl methyl sites for hydroxylation is 3. The molecule has 0 aliphatic carbocycles. The SMILES string of the molecule is CCc1cccc(C)c1NC(=O)Cn1nc(C)c(C)c(C#N)c1=O. The first-order valence-corrected chi connectivity index (χ1v) is 7.75. The third-order valence-electron chi connectivity index (χ3n) is 4.05. The summed E-state index contributed by atoms with van der Waals surface area (Å²) in [6.07, 6.45) is 0.789. The first-order chi connectivity index (χ1) is 11.4. The molecule has 1 heterocycles. The van der Waals surface area contributed by atoms with Crippen LogP contribution in [0.1, 0.15) is 34.9 Å². The van der Waals surface area contributed by atoms with Gasteiger partial charge in [0.15, 0.2) is 0 Å². The Kier molecular flexibility index (Phi) is 5.14. The van der Waals surface area contributed by atoms with Crippen LogP contribution in [-0.2, 0) is 17.8 Å². The summed E-state index contributed by atoms with van der Waals surface area (Å²) in [6, 6.07) is 7.71. The lowest BCUT2D eigenvalue weighted by Crippen LogP contribution is -2.32. The van der Waals surface area contributed by atoms with E-state index < -0.39 is 5.56 Å². The van der Waals surface area contributed by atoms with Gasteiger partial charge in [0.25, 0.3) is 5.56 Å². The molecule has 2 rings (SSSR count). The van der Waals surface area contributed by atoms with Crippen molar-refractivity contribution < 1.29 is 4.79 Å². The molecule has 1 aromatic heterocycles. The van der Waals surface area contributed by atoms with Crippen molar-refractivity contribution in [1.82, 2.24) is 9.78 Å². The van der Waals surface area contributed by atoms with Crippen LogP contribution < -0.4 is 10.9 Å². The maximum absolute atomic E-state index is 12.4. The highest BCUT2D eigenvalue weighted by Gasteiger charge is 2.15. The fourth-order valence-corrected chi connectivity index (χ4v) is 2.53. The average Bonchev–Trinajstić information content (AvgIpc) is 2.55. The number of anilines is 1. The highest BCUT2D eigenvalue weighted by atomic mass is 16.2. The van der Waals surface area contributed by atoms with E-state index in [-0.39, 0.29) is 18.0 Å². The maximum Gasteiger partial charge on any atom is 0.285 e. The largest absolute Gasteiger partial charge is 0.324 e. The molecule has 0 saturated carbocycles. The number of carbonyl (C=O) groups excluding carboxylic acids is 1. The predicted molar refractivity (Wildman–Crippen MR) is 91.9 cm³/mol. The van der Waals surface area contributed by atoms with Crippen molar-refractivity contribution in [2.45, 2.75) is 40.7 Å². The molecule has 0 fully saturated rings. The van der Waals surface area contributed by atoms with Crippen LogP contribution in [0.4, 0.5) is 5.69 Å². The summed E-state index contributed by atoms with van der Waals surface area (Å²) in [5, 5.41) is 16.1. The van der Waals surface area contributed by atoms with Gasteiger partial charge in [-0.15, -0.1) is 0 Å². The zero-order chi connectivity index (χ0) is 17.9. The van der Waals surface area contributed by atoms with Crippen LogP contribution in [0, 0.1) is 32.1 Å². The number of rotatable bonds is 4. The predicted octanol–water partition coefficient (Wildman–Crippen LogP) is 2.24. The van der Waals surface area contributed by atoms with Crippen molar-refractivity contribution in [2.75, 3.05) is 5.32 Å². The van der Waals surface area contributed by atoms with Crippen LogP contribution in [0.15, 0.2) is 23.0 Å². The van der Waals surface area contributed by atoms with Gasteiger partial charge in [0.2, 0.25) is 5.91 Å². The zero-order valence-corrected chi connectivity index (χ0v) is 14.3. The van der Waals surface area contributed by atoms with E-state index in [2.05, 4.69) is 10.4 Å². The van der Waals surface area contributed by atoms with Crippen LogP contribution in [0.5, 0.6) is 0 Å². The number of nitrogens with one attached hydrogen (secondary N) is 1. The average molecular weight is 324 g/mol. The van der Waals surface area contributed by atoms with Crippen LogP contribution >= 0.6 is 0 Å². The van der Waals surface area contributed by atoms with Crippen molar-refractivity contribution in [3.8, 4) is 6.07 Å². The molecule has 0 unspecified atom stereocenters. The van der Waals surface area contributed by atoms with E-state index in [4.69, 9.17) is 5.26 Å². The van der Waals surface area contributed by atoms with Crippen molar-refractivity contribution in [1.29, 1.82) is 5.26 Å². The van der Waals surface area contributed by atoms with Crippen molar-refractivity contribution in [2.24, 2.45) is 0 Å². The van der Waals surface area contributed by atoms with Gasteiger partial charge in [0.1, 0.15) is 18.2 Å². The highest BCUT2D eigenvalue weighted by Crippen LogP contribution is 2.21. The standard InChI is InChI=1S/C18H20N4O2/c1-5-14-8-6-7-11(2)17(14)20-16(23)10-22-18(24)15(9-19)12(3)13(4)21-22/h6-8H,5,10H2,1-4H3,(H,20,23). The number of nitriles is 1. The Labute approximate surface area is 140 Å². The van der Waals surface area contributed by atoms with Crippen LogP contribution in [0.3, 0.4) is 0 Å². The Morgan fingerprint density at radius 2 is 2.04 bits per heavy atom. The summed E-state index contributed by atoms with van der Waals surface area (Å²) < 4.78 is 1.04. The van der Waals surface area contributed by atoms with Gasteiger partial charge in [0, 0.05) is 5.69 Å². The lowest BCUT2D eigenvalue weighted by atomic mass is 10.1. The van der Waals surface area contributed by atoms with Crippen LogP contribution in [0.25, 0.3) is 0 Å². The molecule has 1 amide bonds. The van der Waals surface area contributed by atoms with Gasteiger partial charge in [-0.05, 0) is 43.9 Å². The Bertz CT molecular complexity index is 891. The summed E-state index contributed by atoms with van der Waals surface area (Å²) in [5.74, 6) is -0.347. The normalized spacial score (nSPS) is 10.3. The monoisotopic (exact) mass is 324 g/mol. The highest BCUT2D eigenvalue weighted by molar-refractivity contribution is 5.92. The molecule has 2 aromatic rings. The Morgan fingerprint density at radius 3 is 2.67 bits per heavy atom. The number of para-hydroxylation sites is 1. The number of carbonyl (C=O) groups is 1. The van der Waals surface area contributed by atoms with Crippen LogP contribution in [0.2, 0.25) is 0 Å². The minimum absolute atomic E-state index is 0.0282. The van der Waals surface area contributed by atoms with Gasteiger partial charge in [-0.1, -0.05) is 25.1 Å². The lowest BCUT2D eigenvalue weighted by molar-refractivity contribution is -0.117. The van der Waals surface area contributed by atoms with Gasteiger partial charge in [0.05, 0.1) is 5.69 Å². The molecule has 6 nitrogen and oxygen atoms in total. The van der Waals surface area contributed by atoms with E-state index in [0.717, 1.165) is 27.9 Å². The Morgan fingerprint density at radius 1 is 1.33 bits per heavy atom. The van der Waals surface area contributed by atoms with Crippen molar-refractivity contribution >= 4 is 11.6 Å². The molecular formula is C18H20N4O2. The molecule has 6 heteroatoms. The summed E-state index contributed by atoms with van der Waals surface area (Å²) in [4.78, 5) is 24.6. The number of benzene rings is 1. The van der Waals surface area contributed by atoms with Gasteiger partial charge < -0.3 is 5.32 Å². The van der Waals surface area contributed by atoms with Gasteiger partial charge in [-0.2, -0.15) is 10.4 Å². The minimum Gasteiger partial charge on any atom is -0.324 e. The number of hydrogen-bond donors (Lipinski definition) is 1. The van der Waals surface area contributed by atoms with E-state index in [0.29, 0.717) is 11.3 Å². The molecule has 0 saturated heterocycles. The van der Waals surface area contributed by atoms with Crippen molar-refractivity contribution in [3.05, 3.63) is 56.5 Å². The third kappa shape index (κ3) is 3.35. The molecule has 0 spiro atoms. The van der Waals surface area contributed by atoms with Gasteiger partial charge in [-0.3, -0.25) is 9.59 Å². The maximum atomic E-state index is 12.4. The van der Waals surface area contributed by atoms with Gasteiger partial charge >= 0.3 is 0 Å². The third-order valence-corrected chi connectivity index (χ3v) is 4.05. The van der Waals surface area contributed by atoms with Gasteiger partial charge in [-0.25, -0.2) is 4.68 Å². The molecule has 0 bridgehead atoms. The van der Waals surface area contributed by atoms with E-state index in [1.807, 2.05) is 38.1 Å². The van der Waals surface area contributed by atoms with E-state index >= 15 is 0 Å².